The monoisotopic (exact) mass is 359 g/mol. The molecule has 1 heterocycles. The lowest BCUT2D eigenvalue weighted by Crippen LogP contribution is -2.00. The highest BCUT2D eigenvalue weighted by atomic mass is 127. The molecule has 17 heavy (non-hydrogen) atoms. The first-order chi connectivity index (χ1) is 8.06. The minimum Gasteiger partial charge on any atom is -0.396 e. The van der Waals surface area contributed by atoms with Crippen LogP contribution in [0.1, 0.15) is 5.56 Å². The van der Waals surface area contributed by atoms with E-state index in [0.717, 1.165) is 14.8 Å². The normalized spacial score (nSPS) is 10.3. The van der Waals surface area contributed by atoms with Crippen LogP contribution in [0.4, 0.5) is 17.2 Å². The van der Waals surface area contributed by atoms with E-state index in [1.165, 1.54) is 0 Å². The molecule has 1 aromatic heterocycles. The molecule has 1 aromatic carbocycles. The Balaban J connectivity index is 2.37. The van der Waals surface area contributed by atoms with E-state index in [9.17, 15) is 0 Å². The van der Waals surface area contributed by atoms with Gasteiger partial charge in [0.2, 0.25) is 0 Å². The number of hydrogen-bond acceptors (Lipinski definition) is 3. The highest BCUT2D eigenvalue weighted by molar-refractivity contribution is 14.1. The molecule has 0 bridgehead atoms. The van der Waals surface area contributed by atoms with Gasteiger partial charge in [-0.15, -0.1) is 0 Å². The zero-order valence-electron chi connectivity index (χ0n) is 9.17. The van der Waals surface area contributed by atoms with Gasteiger partial charge < -0.3 is 11.1 Å². The number of benzene rings is 1. The lowest BCUT2D eigenvalue weighted by molar-refractivity contribution is 1.30. The maximum absolute atomic E-state index is 5.85. The SMILES string of the molecule is Cc1ccc(I)cc1Nc1nc(Cl)ccc1N. The number of halogens is 2. The molecule has 0 spiro atoms. The molecule has 0 aliphatic heterocycles. The summed E-state index contributed by atoms with van der Waals surface area (Å²) in [4.78, 5) is 4.17. The number of rotatable bonds is 2. The average Bonchev–Trinajstić information content (AvgIpc) is 2.28. The van der Waals surface area contributed by atoms with Crippen molar-refractivity contribution >= 4 is 51.4 Å². The Bertz CT molecular complexity index is 508. The van der Waals surface area contributed by atoms with Gasteiger partial charge in [0, 0.05) is 9.26 Å². The lowest BCUT2D eigenvalue weighted by Gasteiger charge is -2.11. The van der Waals surface area contributed by atoms with Crippen LogP contribution in [0.2, 0.25) is 5.15 Å². The van der Waals surface area contributed by atoms with Crippen molar-refractivity contribution in [1.29, 1.82) is 0 Å². The van der Waals surface area contributed by atoms with Gasteiger partial charge in [0.15, 0.2) is 5.82 Å². The summed E-state index contributed by atoms with van der Waals surface area (Å²) in [7, 11) is 0. The second kappa shape index (κ2) is 5.10. The summed E-state index contributed by atoms with van der Waals surface area (Å²) in [6, 6.07) is 9.54. The first kappa shape index (κ1) is 12.4. The molecule has 88 valence electrons. The van der Waals surface area contributed by atoms with Crippen molar-refractivity contribution in [2.45, 2.75) is 6.92 Å². The lowest BCUT2D eigenvalue weighted by atomic mass is 10.2. The molecule has 0 saturated heterocycles. The van der Waals surface area contributed by atoms with E-state index in [-0.39, 0.29) is 0 Å². The molecule has 2 aromatic rings. The summed E-state index contributed by atoms with van der Waals surface area (Å²) >= 11 is 8.11. The number of nitrogens with two attached hydrogens (primary N) is 1. The number of aromatic nitrogens is 1. The van der Waals surface area contributed by atoms with Crippen LogP contribution in [0.3, 0.4) is 0 Å². The maximum Gasteiger partial charge on any atom is 0.155 e. The van der Waals surface area contributed by atoms with Gasteiger partial charge in [0.05, 0.1) is 5.69 Å². The fraction of sp³-hybridized carbons (Fsp3) is 0.0833. The Morgan fingerprint density at radius 3 is 2.82 bits per heavy atom. The van der Waals surface area contributed by atoms with Gasteiger partial charge in [-0.3, -0.25) is 0 Å². The highest BCUT2D eigenvalue weighted by Crippen LogP contribution is 2.26. The number of nitrogen functional groups attached to an aromatic ring is 1. The molecule has 0 aliphatic rings. The predicted octanol–water partition coefficient (Wildman–Crippen LogP) is 3.97. The van der Waals surface area contributed by atoms with E-state index in [4.69, 9.17) is 17.3 Å². The minimum atomic E-state index is 0.421. The average molecular weight is 360 g/mol. The summed E-state index contributed by atoms with van der Waals surface area (Å²) in [6.07, 6.45) is 0. The van der Waals surface area contributed by atoms with E-state index in [0.29, 0.717) is 16.7 Å². The molecule has 0 aliphatic carbocycles. The van der Waals surface area contributed by atoms with E-state index in [1.54, 1.807) is 12.1 Å². The Hall–Kier alpha value is -1.01. The van der Waals surface area contributed by atoms with Crippen LogP contribution in [0.5, 0.6) is 0 Å². The molecule has 0 fully saturated rings. The van der Waals surface area contributed by atoms with Crippen LogP contribution in [-0.2, 0) is 0 Å². The van der Waals surface area contributed by atoms with Crippen molar-refractivity contribution in [1.82, 2.24) is 4.98 Å². The fourth-order valence-electron chi connectivity index (χ4n) is 1.40. The second-order valence-electron chi connectivity index (χ2n) is 3.66. The maximum atomic E-state index is 5.85. The molecule has 5 heteroatoms. The molecule has 0 atom stereocenters. The number of nitrogens with one attached hydrogen (secondary N) is 1. The largest absolute Gasteiger partial charge is 0.396 e. The molecule has 2 rings (SSSR count). The molecule has 3 N–H and O–H groups in total. The molecular formula is C12H11ClIN3. The third kappa shape index (κ3) is 3.01. The quantitative estimate of drug-likeness (QED) is 0.630. The summed E-state index contributed by atoms with van der Waals surface area (Å²) in [5, 5.41) is 3.62. The number of aryl methyl sites for hydroxylation is 1. The first-order valence-corrected chi connectivity index (χ1v) is 6.47. The van der Waals surface area contributed by atoms with E-state index in [2.05, 4.69) is 39.0 Å². The van der Waals surface area contributed by atoms with Gasteiger partial charge in [0.1, 0.15) is 5.15 Å². The van der Waals surface area contributed by atoms with Crippen LogP contribution < -0.4 is 11.1 Å². The van der Waals surface area contributed by atoms with Crippen LogP contribution in [0.15, 0.2) is 30.3 Å². The van der Waals surface area contributed by atoms with E-state index >= 15 is 0 Å². The summed E-state index contributed by atoms with van der Waals surface area (Å²) in [5.41, 5.74) is 8.53. The van der Waals surface area contributed by atoms with Gasteiger partial charge in [-0.05, 0) is 59.3 Å². The third-order valence-electron chi connectivity index (χ3n) is 2.35. The smallest absolute Gasteiger partial charge is 0.155 e. The molecule has 0 unspecified atom stereocenters. The van der Waals surface area contributed by atoms with Gasteiger partial charge in [0.25, 0.3) is 0 Å². The molecular weight excluding hydrogens is 349 g/mol. The molecule has 0 radical (unpaired) electrons. The van der Waals surface area contributed by atoms with E-state index in [1.807, 2.05) is 19.1 Å². The van der Waals surface area contributed by atoms with Crippen molar-refractivity contribution in [3.8, 4) is 0 Å². The zero-order chi connectivity index (χ0) is 12.4. The van der Waals surface area contributed by atoms with Crippen molar-refractivity contribution in [3.05, 3.63) is 44.6 Å². The number of nitrogens with zero attached hydrogens (tertiary/aromatic N) is 1. The Morgan fingerprint density at radius 1 is 1.29 bits per heavy atom. The van der Waals surface area contributed by atoms with Gasteiger partial charge in [-0.25, -0.2) is 4.98 Å². The fourth-order valence-corrected chi connectivity index (χ4v) is 2.04. The highest BCUT2D eigenvalue weighted by Gasteiger charge is 2.05. The summed E-state index contributed by atoms with van der Waals surface area (Å²) < 4.78 is 1.15. The second-order valence-corrected chi connectivity index (χ2v) is 5.29. The van der Waals surface area contributed by atoms with Crippen LogP contribution >= 0.6 is 34.2 Å². The molecule has 3 nitrogen and oxygen atoms in total. The number of pyridine rings is 1. The standard InChI is InChI=1S/C12H11ClIN3/c1-7-2-3-8(14)6-10(7)16-12-9(15)4-5-11(13)17-12/h2-6H,15H2,1H3,(H,16,17). The molecule has 0 saturated carbocycles. The van der Waals surface area contributed by atoms with Crippen molar-refractivity contribution < 1.29 is 0 Å². The summed E-state index contributed by atoms with van der Waals surface area (Å²) in [6.45, 7) is 2.03. The van der Waals surface area contributed by atoms with Gasteiger partial charge in [-0.1, -0.05) is 17.7 Å². The van der Waals surface area contributed by atoms with Crippen molar-refractivity contribution in [2.24, 2.45) is 0 Å². The van der Waals surface area contributed by atoms with Gasteiger partial charge in [-0.2, -0.15) is 0 Å². The van der Waals surface area contributed by atoms with Crippen LogP contribution in [0, 0.1) is 10.5 Å². The zero-order valence-corrected chi connectivity index (χ0v) is 12.1. The topological polar surface area (TPSA) is 50.9 Å². The molecule has 0 amide bonds. The Kier molecular flexibility index (Phi) is 3.73. The predicted molar refractivity (Wildman–Crippen MR) is 80.8 cm³/mol. The van der Waals surface area contributed by atoms with Crippen LogP contribution in [0.25, 0.3) is 0 Å². The van der Waals surface area contributed by atoms with Crippen LogP contribution in [-0.4, -0.2) is 4.98 Å². The number of hydrogen-bond donors (Lipinski definition) is 2. The number of anilines is 3. The van der Waals surface area contributed by atoms with Crippen molar-refractivity contribution in [3.63, 3.8) is 0 Å². The Morgan fingerprint density at radius 2 is 2.06 bits per heavy atom. The Labute approximate surface area is 119 Å². The van der Waals surface area contributed by atoms with E-state index < -0.39 is 0 Å². The summed E-state index contributed by atoms with van der Waals surface area (Å²) in [5.74, 6) is 0.586. The third-order valence-corrected chi connectivity index (χ3v) is 3.23. The first-order valence-electron chi connectivity index (χ1n) is 5.01. The van der Waals surface area contributed by atoms with Gasteiger partial charge >= 0.3 is 0 Å². The minimum absolute atomic E-state index is 0.421. The van der Waals surface area contributed by atoms with Crippen molar-refractivity contribution in [2.75, 3.05) is 11.1 Å².